The number of thiazole rings is 1. The van der Waals surface area contributed by atoms with Crippen LogP contribution in [0.5, 0.6) is 0 Å². The first kappa shape index (κ1) is 13.8. The summed E-state index contributed by atoms with van der Waals surface area (Å²) >= 11 is 7.05. The van der Waals surface area contributed by atoms with Crippen molar-refractivity contribution in [1.29, 1.82) is 0 Å². The molecule has 0 unspecified atom stereocenters. The van der Waals surface area contributed by atoms with Crippen molar-refractivity contribution in [1.82, 2.24) is 9.29 Å². The number of aromatic nitrogens is 1. The van der Waals surface area contributed by atoms with E-state index >= 15 is 0 Å². The Hall–Kier alpha value is -0.660. The molecule has 1 aromatic rings. The third kappa shape index (κ3) is 1.94. The quantitative estimate of drug-likeness (QED) is 0.788. The Kier molecular flexibility index (Phi) is 3.42. The molecule has 1 aliphatic heterocycles. The first-order valence-electron chi connectivity index (χ1n) is 5.36. The molecule has 8 heteroatoms. The van der Waals surface area contributed by atoms with Crippen LogP contribution in [0.25, 0.3) is 0 Å². The van der Waals surface area contributed by atoms with Gasteiger partial charge in [0.05, 0.1) is 16.6 Å². The van der Waals surface area contributed by atoms with Crippen molar-refractivity contribution in [3.05, 3.63) is 16.1 Å². The van der Waals surface area contributed by atoms with Gasteiger partial charge in [0.15, 0.2) is 4.75 Å². The minimum Gasteiger partial charge on any atom is -0.272 e. The summed E-state index contributed by atoms with van der Waals surface area (Å²) in [5.74, 6) is -0.0126. The van der Waals surface area contributed by atoms with Crippen LogP contribution in [0, 0.1) is 0 Å². The number of alkyl halides is 1. The summed E-state index contributed by atoms with van der Waals surface area (Å²) in [4.78, 5) is 15.9. The van der Waals surface area contributed by atoms with Crippen LogP contribution in [0.15, 0.2) is 5.38 Å². The Morgan fingerprint density at radius 1 is 1.50 bits per heavy atom. The van der Waals surface area contributed by atoms with Crippen molar-refractivity contribution in [2.24, 2.45) is 0 Å². The van der Waals surface area contributed by atoms with E-state index in [0.29, 0.717) is 12.3 Å². The highest BCUT2D eigenvalue weighted by Crippen LogP contribution is 2.34. The summed E-state index contributed by atoms with van der Waals surface area (Å²) in [6.45, 7) is 3.01. The lowest BCUT2D eigenvalue weighted by molar-refractivity contribution is -0.132. The van der Waals surface area contributed by atoms with E-state index in [1.54, 1.807) is 0 Å². The summed E-state index contributed by atoms with van der Waals surface area (Å²) in [7, 11) is -3.48. The van der Waals surface area contributed by atoms with E-state index in [4.69, 9.17) is 11.6 Å². The van der Waals surface area contributed by atoms with Gasteiger partial charge in [0.2, 0.25) is 0 Å². The normalized spacial score (nSPS) is 20.8. The van der Waals surface area contributed by atoms with E-state index in [1.165, 1.54) is 25.2 Å². The smallest absolute Gasteiger partial charge is 0.258 e. The standard InChI is InChI=1S/C10H13ClN2O3S2/c1-10(2)9(14)13(18(10,15)16)4-3-8-12-7(5-11)6-17-8/h6H,3-5H2,1-2H3. The topological polar surface area (TPSA) is 67.3 Å². The number of nitrogens with zero attached hydrogens (tertiary/aromatic N) is 2. The van der Waals surface area contributed by atoms with Crippen molar-refractivity contribution in [2.45, 2.75) is 30.9 Å². The Morgan fingerprint density at radius 2 is 2.17 bits per heavy atom. The SMILES string of the molecule is CC1(C)C(=O)N(CCc2nc(CCl)cs2)S1(=O)=O. The average Bonchev–Trinajstić information content (AvgIpc) is 2.76. The van der Waals surface area contributed by atoms with Gasteiger partial charge < -0.3 is 0 Å². The van der Waals surface area contributed by atoms with Crippen LogP contribution in [-0.4, -0.2) is 34.9 Å². The number of carbonyl (C=O) groups excluding carboxylic acids is 1. The van der Waals surface area contributed by atoms with Crippen molar-refractivity contribution in [2.75, 3.05) is 6.54 Å². The molecular weight excluding hydrogens is 296 g/mol. The van der Waals surface area contributed by atoms with Gasteiger partial charge in [-0.15, -0.1) is 22.9 Å². The zero-order valence-electron chi connectivity index (χ0n) is 10.0. The van der Waals surface area contributed by atoms with E-state index in [1.807, 2.05) is 5.38 Å². The van der Waals surface area contributed by atoms with Crippen molar-refractivity contribution < 1.29 is 13.2 Å². The van der Waals surface area contributed by atoms with Crippen molar-refractivity contribution >= 4 is 38.9 Å². The Morgan fingerprint density at radius 3 is 2.67 bits per heavy atom. The third-order valence-corrected chi connectivity index (χ3v) is 6.57. The second kappa shape index (κ2) is 4.47. The van der Waals surface area contributed by atoms with Crippen molar-refractivity contribution in [3.63, 3.8) is 0 Å². The van der Waals surface area contributed by atoms with Crippen LogP contribution in [0.4, 0.5) is 0 Å². The summed E-state index contributed by atoms with van der Waals surface area (Å²) in [5, 5.41) is 2.62. The number of sulfonamides is 1. The number of amides is 1. The first-order chi connectivity index (χ1) is 8.30. The van der Waals surface area contributed by atoms with E-state index in [-0.39, 0.29) is 12.5 Å². The van der Waals surface area contributed by atoms with E-state index in [2.05, 4.69) is 4.98 Å². The number of carbonyl (C=O) groups is 1. The molecule has 5 nitrogen and oxygen atoms in total. The number of hydrogen-bond acceptors (Lipinski definition) is 5. The fourth-order valence-corrected chi connectivity index (χ4v) is 4.24. The fourth-order valence-electron chi connectivity index (χ4n) is 1.70. The summed E-state index contributed by atoms with van der Waals surface area (Å²) in [6, 6.07) is 0. The van der Waals surface area contributed by atoms with Gasteiger partial charge in [-0.1, -0.05) is 0 Å². The Bertz CT molecular complexity index is 580. The fraction of sp³-hybridized carbons (Fsp3) is 0.600. The average molecular weight is 309 g/mol. The van der Waals surface area contributed by atoms with Gasteiger partial charge in [-0.25, -0.2) is 17.7 Å². The molecule has 1 fully saturated rings. The van der Waals surface area contributed by atoms with Crippen LogP contribution < -0.4 is 0 Å². The van der Waals surface area contributed by atoms with Crippen LogP contribution in [0.1, 0.15) is 24.5 Å². The van der Waals surface area contributed by atoms with Crippen LogP contribution in [-0.2, 0) is 27.1 Å². The van der Waals surface area contributed by atoms with Gasteiger partial charge in [0, 0.05) is 18.3 Å². The van der Waals surface area contributed by atoms with E-state index in [9.17, 15) is 13.2 Å². The minimum atomic E-state index is -3.48. The summed E-state index contributed by atoms with van der Waals surface area (Å²) in [5.41, 5.74) is 0.773. The van der Waals surface area contributed by atoms with Crippen LogP contribution >= 0.6 is 22.9 Å². The lowest BCUT2D eigenvalue weighted by atomic mass is 10.2. The monoisotopic (exact) mass is 308 g/mol. The van der Waals surface area contributed by atoms with Gasteiger partial charge in [-0.3, -0.25) is 4.79 Å². The van der Waals surface area contributed by atoms with Crippen molar-refractivity contribution in [3.8, 4) is 0 Å². The van der Waals surface area contributed by atoms with E-state index in [0.717, 1.165) is 15.0 Å². The molecule has 2 rings (SSSR count). The highest BCUT2D eigenvalue weighted by molar-refractivity contribution is 7.94. The van der Waals surface area contributed by atoms with Gasteiger partial charge in [0.25, 0.3) is 15.9 Å². The maximum Gasteiger partial charge on any atom is 0.258 e. The second-order valence-electron chi connectivity index (χ2n) is 4.51. The molecule has 0 aliphatic carbocycles. The predicted molar refractivity (Wildman–Crippen MR) is 70.1 cm³/mol. The van der Waals surface area contributed by atoms with Crippen LogP contribution in [0.2, 0.25) is 0 Å². The highest BCUT2D eigenvalue weighted by atomic mass is 35.5. The van der Waals surface area contributed by atoms with Gasteiger partial charge >= 0.3 is 0 Å². The molecule has 0 saturated carbocycles. The predicted octanol–water partition coefficient (Wildman–Crippen LogP) is 1.38. The molecule has 0 aromatic carbocycles. The van der Waals surface area contributed by atoms with Gasteiger partial charge in [-0.2, -0.15) is 0 Å². The maximum absolute atomic E-state index is 11.8. The van der Waals surface area contributed by atoms with Gasteiger partial charge in [-0.05, 0) is 13.8 Å². The Balaban J connectivity index is 2.02. The highest BCUT2D eigenvalue weighted by Gasteiger charge is 2.59. The molecular formula is C10H13ClN2O3S2. The maximum atomic E-state index is 11.8. The molecule has 0 spiro atoms. The molecule has 1 saturated heterocycles. The Labute approximate surface area is 115 Å². The zero-order chi connectivity index (χ0) is 13.6. The lowest BCUT2D eigenvalue weighted by Gasteiger charge is -2.42. The first-order valence-corrected chi connectivity index (χ1v) is 8.22. The molecule has 0 N–H and O–H groups in total. The minimum absolute atomic E-state index is 0.153. The molecule has 18 heavy (non-hydrogen) atoms. The molecule has 0 radical (unpaired) electrons. The third-order valence-electron chi connectivity index (χ3n) is 2.94. The molecule has 100 valence electrons. The number of halogens is 1. The summed E-state index contributed by atoms with van der Waals surface area (Å²) in [6.07, 6.45) is 0.433. The largest absolute Gasteiger partial charge is 0.272 e. The number of rotatable bonds is 4. The molecule has 1 aliphatic rings. The van der Waals surface area contributed by atoms with Gasteiger partial charge in [0.1, 0.15) is 0 Å². The second-order valence-corrected chi connectivity index (χ2v) is 8.13. The molecule has 0 atom stereocenters. The van der Waals surface area contributed by atoms with Crippen LogP contribution in [0.3, 0.4) is 0 Å². The lowest BCUT2D eigenvalue weighted by Crippen LogP contribution is -2.67. The number of hydrogen-bond donors (Lipinski definition) is 0. The molecule has 0 bridgehead atoms. The zero-order valence-corrected chi connectivity index (χ0v) is 12.4. The molecule has 1 amide bonds. The summed E-state index contributed by atoms with van der Waals surface area (Å²) < 4.78 is 23.3. The molecule has 2 heterocycles. The van der Waals surface area contributed by atoms with E-state index < -0.39 is 14.8 Å². The molecule has 1 aromatic heterocycles.